The van der Waals surface area contributed by atoms with Gasteiger partial charge < -0.3 is 10.0 Å². The summed E-state index contributed by atoms with van der Waals surface area (Å²) in [5, 5.41) is 9.26. The third-order valence-electron chi connectivity index (χ3n) is 5.58. The molecular formula is C20H28N2O3S. The Morgan fingerprint density at radius 3 is 2.58 bits per heavy atom. The molecule has 5 nitrogen and oxygen atoms in total. The van der Waals surface area contributed by atoms with Crippen molar-refractivity contribution in [2.45, 2.75) is 43.5 Å². The Morgan fingerprint density at radius 2 is 1.88 bits per heavy atom. The maximum absolute atomic E-state index is 12.5. The zero-order valence-corrected chi connectivity index (χ0v) is 16.2. The van der Waals surface area contributed by atoms with Gasteiger partial charge in [0.15, 0.2) is 0 Å². The molecular weight excluding hydrogens is 348 g/mol. The van der Waals surface area contributed by atoms with E-state index in [1.54, 1.807) is 11.8 Å². The van der Waals surface area contributed by atoms with Crippen molar-refractivity contribution in [3.63, 3.8) is 0 Å². The number of hydrogen-bond acceptors (Lipinski definition) is 4. The maximum Gasteiger partial charge on any atom is 0.307 e. The van der Waals surface area contributed by atoms with Crippen molar-refractivity contribution in [3.05, 3.63) is 29.8 Å². The van der Waals surface area contributed by atoms with Gasteiger partial charge in [-0.05, 0) is 50.8 Å². The smallest absolute Gasteiger partial charge is 0.307 e. The number of carbonyl (C=O) groups is 2. The van der Waals surface area contributed by atoms with Gasteiger partial charge in [0.05, 0.1) is 11.7 Å². The topological polar surface area (TPSA) is 60.9 Å². The molecule has 0 bridgehead atoms. The number of aliphatic carboxylic acids is 1. The lowest BCUT2D eigenvalue weighted by Crippen LogP contribution is -2.50. The van der Waals surface area contributed by atoms with Gasteiger partial charge in [0.1, 0.15) is 0 Å². The van der Waals surface area contributed by atoms with E-state index in [2.05, 4.69) is 24.0 Å². The van der Waals surface area contributed by atoms with Crippen molar-refractivity contribution in [3.8, 4) is 0 Å². The molecule has 1 aromatic carbocycles. The summed E-state index contributed by atoms with van der Waals surface area (Å²) in [5.41, 5.74) is 1.21. The molecule has 2 aliphatic heterocycles. The second-order valence-corrected chi connectivity index (χ2v) is 8.36. The zero-order valence-electron chi connectivity index (χ0n) is 15.4. The number of hydrogen-bond donors (Lipinski definition) is 1. The van der Waals surface area contributed by atoms with Crippen molar-refractivity contribution < 1.29 is 14.7 Å². The Bertz CT molecular complexity index is 644. The van der Waals surface area contributed by atoms with Crippen LogP contribution in [0.15, 0.2) is 29.2 Å². The molecule has 1 amide bonds. The summed E-state index contributed by atoms with van der Waals surface area (Å²) in [4.78, 5) is 29.3. The average molecular weight is 377 g/mol. The van der Waals surface area contributed by atoms with Crippen LogP contribution in [0, 0.1) is 12.8 Å². The molecule has 1 N–H and O–H groups in total. The van der Waals surface area contributed by atoms with Crippen LogP contribution in [0.25, 0.3) is 0 Å². The van der Waals surface area contributed by atoms with Crippen molar-refractivity contribution in [2.24, 2.45) is 5.92 Å². The highest BCUT2D eigenvalue weighted by atomic mass is 32.2. The molecule has 6 heteroatoms. The van der Waals surface area contributed by atoms with Crippen LogP contribution in [0.5, 0.6) is 0 Å². The van der Waals surface area contributed by atoms with Crippen LogP contribution < -0.4 is 0 Å². The fraction of sp³-hybridized carbons (Fsp3) is 0.600. The van der Waals surface area contributed by atoms with E-state index in [0.29, 0.717) is 18.3 Å². The summed E-state index contributed by atoms with van der Waals surface area (Å²) < 4.78 is 0. The number of aryl methyl sites for hydroxylation is 1. The Morgan fingerprint density at radius 1 is 1.15 bits per heavy atom. The Hall–Kier alpha value is -1.53. The number of carbonyl (C=O) groups excluding carboxylic acids is 1. The summed E-state index contributed by atoms with van der Waals surface area (Å²) in [6.45, 7) is 5.29. The molecule has 0 aromatic heterocycles. The van der Waals surface area contributed by atoms with Crippen molar-refractivity contribution in [1.29, 1.82) is 0 Å². The van der Waals surface area contributed by atoms with Gasteiger partial charge in [-0.1, -0.05) is 18.2 Å². The van der Waals surface area contributed by atoms with Gasteiger partial charge in [0, 0.05) is 30.6 Å². The summed E-state index contributed by atoms with van der Waals surface area (Å²) in [6.07, 6.45) is 3.66. The Kier molecular flexibility index (Phi) is 6.59. The third kappa shape index (κ3) is 4.80. The molecule has 1 atom stereocenters. The molecule has 0 aliphatic carbocycles. The predicted octanol–water partition coefficient (Wildman–Crippen LogP) is 2.87. The second-order valence-electron chi connectivity index (χ2n) is 7.34. The first kappa shape index (κ1) is 19.2. The lowest BCUT2D eigenvalue weighted by atomic mass is 9.94. The fourth-order valence-electron chi connectivity index (χ4n) is 3.97. The molecule has 142 valence electrons. The van der Waals surface area contributed by atoms with Crippen molar-refractivity contribution >= 4 is 23.6 Å². The summed E-state index contributed by atoms with van der Waals surface area (Å²) in [6, 6.07) is 8.58. The number of rotatable bonds is 5. The Balaban J connectivity index is 1.45. The molecule has 2 saturated heterocycles. The van der Waals surface area contributed by atoms with E-state index in [1.807, 2.05) is 17.0 Å². The first-order chi connectivity index (χ1) is 12.5. The van der Waals surface area contributed by atoms with Gasteiger partial charge in [-0.25, -0.2) is 0 Å². The van der Waals surface area contributed by atoms with Crippen molar-refractivity contribution in [2.75, 3.05) is 31.9 Å². The highest BCUT2D eigenvalue weighted by Gasteiger charge is 2.32. The molecule has 2 heterocycles. The number of carboxylic acids is 1. The molecule has 0 radical (unpaired) electrons. The predicted molar refractivity (Wildman–Crippen MR) is 103 cm³/mol. The van der Waals surface area contributed by atoms with Crippen LogP contribution in [-0.2, 0) is 9.59 Å². The molecule has 0 saturated carbocycles. The molecule has 0 unspecified atom stereocenters. The number of thioether (sulfide) groups is 1. The van der Waals surface area contributed by atoms with Crippen molar-refractivity contribution in [1.82, 2.24) is 9.80 Å². The number of nitrogens with zero attached hydrogens (tertiary/aromatic N) is 2. The van der Waals surface area contributed by atoms with E-state index in [-0.39, 0.29) is 11.8 Å². The number of piperidine rings is 2. The second kappa shape index (κ2) is 8.91. The van der Waals surface area contributed by atoms with Gasteiger partial charge in [-0.3, -0.25) is 14.5 Å². The molecule has 1 aromatic rings. The normalized spacial score (nSPS) is 22.3. The SMILES string of the molecule is Cc1ccccc1SCC(=O)N1CCC(N2CCC[C@H](C(=O)O)C2)CC1. The van der Waals surface area contributed by atoms with Crippen LogP contribution in [0.1, 0.15) is 31.2 Å². The summed E-state index contributed by atoms with van der Waals surface area (Å²) in [7, 11) is 0. The molecule has 2 fully saturated rings. The lowest BCUT2D eigenvalue weighted by Gasteiger charge is -2.41. The van der Waals surface area contributed by atoms with Gasteiger partial charge in [-0.2, -0.15) is 0 Å². The molecule has 3 rings (SSSR count). The van der Waals surface area contributed by atoms with E-state index in [9.17, 15) is 14.7 Å². The standard InChI is InChI=1S/C20H28N2O3S/c1-15-5-2-3-7-18(15)26-14-19(23)21-11-8-17(9-12-21)22-10-4-6-16(13-22)20(24)25/h2-3,5,7,16-17H,4,6,8-14H2,1H3,(H,24,25)/t16-/m0/s1. The zero-order chi connectivity index (χ0) is 18.5. The number of carboxylic acid groups (broad SMARTS) is 1. The summed E-state index contributed by atoms with van der Waals surface area (Å²) in [5.74, 6) is -0.205. The monoisotopic (exact) mass is 376 g/mol. The minimum atomic E-state index is -0.671. The van der Waals surface area contributed by atoms with Crippen LogP contribution in [0.3, 0.4) is 0 Å². The van der Waals surface area contributed by atoms with E-state index >= 15 is 0 Å². The number of benzene rings is 1. The third-order valence-corrected chi connectivity index (χ3v) is 6.74. The molecule has 0 spiro atoms. The quantitative estimate of drug-likeness (QED) is 0.801. The Labute approximate surface area is 159 Å². The molecule has 26 heavy (non-hydrogen) atoms. The van der Waals surface area contributed by atoms with Crippen LogP contribution in [0.2, 0.25) is 0 Å². The van der Waals surface area contributed by atoms with Crippen LogP contribution in [-0.4, -0.2) is 64.8 Å². The van der Waals surface area contributed by atoms with E-state index < -0.39 is 5.97 Å². The number of amides is 1. The van der Waals surface area contributed by atoms with E-state index in [0.717, 1.165) is 45.3 Å². The van der Waals surface area contributed by atoms with Gasteiger partial charge >= 0.3 is 5.97 Å². The largest absolute Gasteiger partial charge is 0.481 e. The van der Waals surface area contributed by atoms with Gasteiger partial charge in [0.25, 0.3) is 0 Å². The van der Waals surface area contributed by atoms with E-state index in [1.165, 1.54) is 10.5 Å². The highest BCUT2D eigenvalue weighted by molar-refractivity contribution is 8.00. The minimum Gasteiger partial charge on any atom is -0.481 e. The number of likely N-dealkylation sites (tertiary alicyclic amines) is 2. The van der Waals surface area contributed by atoms with E-state index in [4.69, 9.17) is 0 Å². The first-order valence-electron chi connectivity index (χ1n) is 9.47. The van der Waals surface area contributed by atoms with Crippen LogP contribution >= 0.6 is 11.8 Å². The van der Waals surface area contributed by atoms with Gasteiger partial charge in [0.2, 0.25) is 5.91 Å². The average Bonchev–Trinajstić information content (AvgIpc) is 2.67. The van der Waals surface area contributed by atoms with Crippen LogP contribution in [0.4, 0.5) is 0 Å². The van der Waals surface area contributed by atoms with Gasteiger partial charge in [-0.15, -0.1) is 11.8 Å². The minimum absolute atomic E-state index is 0.207. The lowest BCUT2D eigenvalue weighted by molar-refractivity contribution is -0.144. The first-order valence-corrected chi connectivity index (χ1v) is 10.5. The fourth-order valence-corrected chi connectivity index (χ4v) is 4.90. The summed E-state index contributed by atoms with van der Waals surface area (Å²) >= 11 is 1.61. The molecule has 2 aliphatic rings. The maximum atomic E-state index is 12.5. The highest BCUT2D eigenvalue weighted by Crippen LogP contribution is 2.26.